The summed E-state index contributed by atoms with van der Waals surface area (Å²) < 4.78 is 10.7. The summed E-state index contributed by atoms with van der Waals surface area (Å²) in [7, 11) is 0. The highest BCUT2D eigenvalue weighted by molar-refractivity contribution is 6.01. The Bertz CT molecular complexity index is 987. The molecule has 0 heterocycles. The lowest BCUT2D eigenvalue weighted by Gasteiger charge is -2.17. The number of non-ortho nitro benzene ring substituents is 1. The third-order valence-corrected chi connectivity index (χ3v) is 4.05. The smallest absolute Gasteiger partial charge is 0.345 e. The average Bonchev–Trinajstić information content (AvgIpc) is 2.77. The van der Waals surface area contributed by atoms with Crippen molar-refractivity contribution < 1.29 is 24.0 Å². The van der Waals surface area contributed by atoms with E-state index in [0.29, 0.717) is 11.1 Å². The molecule has 0 amide bonds. The predicted octanol–water partition coefficient (Wildman–Crippen LogP) is 4.14. The minimum atomic E-state index is -1.11. The van der Waals surface area contributed by atoms with Crippen molar-refractivity contribution in [2.24, 2.45) is 0 Å². The van der Waals surface area contributed by atoms with E-state index in [1.807, 2.05) is 0 Å². The first-order valence-corrected chi connectivity index (χ1v) is 8.75. The van der Waals surface area contributed by atoms with Crippen molar-refractivity contribution in [1.29, 1.82) is 0 Å². The molecule has 1 atom stereocenters. The second kappa shape index (κ2) is 9.27. The number of benzene rings is 3. The molecule has 0 aliphatic rings. The predicted molar refractivity (Wildman–Crippen MR) is 105 cm³/mol. The van der Waals surface area contributed by atoms with Gasteiger partial charge in [-0.1, -0.05) is 60.7 Å². The Balaban J connectivity index is 1.69. The molecule has 0 radical (unpaired) electrons. The van der Waals surface area contributed by atoms with Gasteiger partial charge in [0, 0.05) is 23.3 Å². The van der Waals surface area contributed by atoms with Gasteiger partial charge in [-0.05, 0) is 12.1 Å². The van der Waals surface area contributed by atoms with Crippen LogP contribution in [0.4, 0.5) is 5.69 Å². The van der Waals surface area contributed by atoms with Crippen molar-refractivity contribution in [2.75, 3.05) is 6.61 Å². The van der Waals surface area contributed by atoms with Crippen LogP contribution in [0.3, 0.4) is 0 Å². The van der Waals surface area contributed by atoms with E-state index in [2.05, 4.69) is 0 Å². The molecular weight excluding hydrogens is 374 g/mol. The Morgan fingerprint density at radius 3 is 2.03 bits per heavy atom. The Morgan fingerprint density at radius 2 is 1.45 bits per heavy atom. The Kier molecular flexibility index (Phi) is 6.32. The molecule has 7 heteroatoms. The number of rotatable bonds is 8. The van der Waals surface area contributed by atoms with E-state index in [1.165, 1.54) is 24.3 Å². The molecule has 29 heavy (non-hydrogen) atoms. The number of nitrogens with zero attached hydrogens (tertiary/aromatic N) is 1. The first-order chi connectivity index (χ1) is 14.0. The van der Waals surface area contributed by atoms with Crippen molar-refractivity contribution in [3.63, 3.8) is 0 Å². The minimum Gasteiger partial charge on any atom is -0.482 e. The number of ether oxygens (including phenoxy) is 2. The van der Waals surface area contributed by atoms with Crippen LogP contribution in [0.2, 0.25) is 0 Å². The molecule has 3 rings (SSSR count). The number of carbonyl (C=O) groups is 2. The van der Waals surface area contributed by atoms with E-state index in [-0.39, 0.29) is 17.2 Å². The number of hydrogen-bond donors (Lipinski definition) is 0. The van der Waals surface area contributed by atoms with Crippen molar-refractivity contribution in [3.05, 3.63) is 106 Å². The maximum atomic E-state index is 12.9. The Labute approximate surface area is 166 Å². The minimum absolute atomic E-state index is 0.0856. The number of Topliss-reactive ketones (excluding diaryl/α,β-unsaturated/α-hetero) is 1. The summed E-state index contributed by atoms with van der Waals surface area (Å²) in [5.74, 6) is -0.805. The average molecular weight is 391 g/mol. The van der Waals surface area contributed by atoms with Crippen LogP contribution >= 0.6 is 0 Å². The zero-order valence-corrected chi connectivity index (χ0v) is 15.3. The van der Waals surface area contributed by atoms with Gasteiger partial charge in [-0.2, -0.15) is 0 Å². The van der Waals surface area contributed by atoms with Crippen LogP contribution in [0.5, 0.6) is 5.75 Å². The van der Waals surface area contributed by atoms with Crippen LogP contribution in [0, 0.1) is 10.1 Å². The van der Waals surface area contributed by atoms with Crippen LogP contribution in [0.25, 0.3) is 0 Å². The van der Waals surface area contributed by atoms with Gasteiger partial charge in [-0.3, -0.25) is 14.9 Å². The third kappa shape index (κ3) is 5.26. The highest BCUT2D eigenvalue weighted by Crippen LogP contribution is 2.23. The molecular formula is C22H17NO6. The lowest BCUT2D eigenvalue weighted by atomic mass is 10.00. The molecule has 0 saturated carbocycles. The van der Waals surface area contributed by atoms with E-state index in [1.54, 1.807) is 60.7 Å². The number of nitro groups is 1. The molecule has 3 aromatic carbocycles. The largest absolute Gasteiger partial charge is 0.482 e. The number of carbonyl (C=O) groups excluding carboxylic acids is 2. The second-order valence-electron chi connectivity index (χ2n) is 6.05. The van der Waals surface area contributed by atoms with E-state index < -0.39 is 23.6 Å². The monoisotopic (exact) mass is 391 g/mol. The highest BCUT2D eigenvalue weighted by Gasteiger charge is 2.26. The van der Waals surface area contributed by atoms with Gasteiger partial charge in [-0.25, -0.2) is 4.79 Å². The highest BCUT2D eigenvalue weighted by atomic mass is 16.6. The molecule has 0 saturated heterocycles. The molecule has 7 nitrogen and oxygen atoms in total. The summed E-state index contributed by atoms with van der Waals surface area (Å²) in [4.78, 5) is 35.3. The van der Waals surface area contributed by atoms with Gasteiger partial charge in [0.2, 0.25) is 5.78 Å². The third-order valence-electron chi connectivity index (χ3n) is 4.05. The summed E-state index contributed by atoms with van der Waals surface area (Å²) >= 11 is 0. The summed E-state index contributed by atoms with van der Waals surface area (Å²) in [5, 5.41) is 10.7. The Morgan fingerprint density at radius 1 is 0.862 bits per heavy atom. The molecule has 0 bridgehead atoms. The van der Waals surface area contributed by atoms with Crippen molar-refractivity contribution in [2.45, 2.75) is 6.10 Å². The van der Waals surface area contributed by atoms with Gasteiger partial charge in [0.25, 0.3) is 5.69 Å². The number of nitro benzene ring substituents is 1. The summed E-state index contributed by atoms with van der Waals surface area (Å²) in [6.07, 6.45) is -1.11. The molecule has 0 N–H and O–H groups in total. The maximum Gasteiger partial charge on any atom is 0.345 e. The van der Waals surface area contributed by atoms with Gasteiger partial charge in [0.15, 0.2) is 12.7 Å². The van der Waals surface area contributed by atoms with E-state index in [4.69, 9.17) is 9.47 Å². The molecule has 0 aromatic heterocycles. The zero-order chi connectivity index (χ0) is 20.6. The van der Waals surface area contributed by atoms with Gasteiger partial charge in [0.1, 0.15) is 5.75 Å². The summed E-state index contributed by atoms with van der Waals surface area (Å²) in [6, 6.07) is 22.6. The zero-order valence-electron chi connectivity index (χ0n) is 15.3. The van der Waals surface area contributed by atoms with Crippen molar-refractivity contribution >= 4 is 17.4 Å². The Hall–Kier alpha value is -4.00. The van der Waals surface area contributed by atoms with Gasteiger partial charge in [-0.15, -0.1) is 0 Å². The molecule has 0 aliphatic heterocycles. The van der Waals surface area contributed by atoms with Crippen LogP contribution in [0.15, 0.2) is 84.9 Å². The summed E-state index contributed by atoms with van der Waals surface area (Å²) in [6.45, 7) is -0.441. The van der Waals surface area contributed by atoms with E-state index in [0.717, 1.165) is 0 Å². The fourth-order valence-corrected chi connectivity index (χ4v) is 2.63. The number of esters is 1. The molecule has 0 fully saturated rings. The molecule has 0 aliphatic carbocycles. The van der Waals surface area contributed by atoms with E-state index >= 15 is 0 Å². The SMILES string of the molecule is O=C(COc1ccc([N+](=O)[O-])cc1)O[C@@H](C(=O)c1ccccc1)c1ccccc1. The number of hydrogen-bond acceptors (Lipinski definition) is 6. The first kappa shape index (κ1) is 19.8. The lowest BCUT2D eigenvalue weighted by Crippen LogP contribution is -2.23. The van der Waals surface area contributed by atoms with Crippen LogP contribution in [-0.2, 0) is 9.53 Å². The fourth-order valence-electron chi connectivity index (χ4n) is 2.63. The number of ketones is 1. The van der Waals surface area contributed by atoms with Gasteiger partial charge >= 0.3 is 5.97 Å². The lowest BCUT2D eigenvalue weighted by molar-refractivity contribution is -0.384. The summed E-state index contributed by atoms with van der Waals surface area (Å²) in [5.41, 5.74) is 0.882. The van der Waals surface area contributed by atoms with Gasteiger partial charge in [0.05, 0.1) is 4.92 Å². The normalized spacial score (nSPS) is 11.3. The van der Waals surface area contributed by atoms with Gasteiger partial charge < -0.3 is 9.47 Å². The first-order valence-electron chi connectivity index (χ1n) is 8.75. The van der Waals surface area contributed by atoms with Crippen LogP contribution < -0.4 is 4.74 Å². The molecule has 146 valence electrons. The molecule has 0 spiro atoms. The molecule has 3 aromatic rings. The standard InChI is InChI=1S/C22H17NO6/c24-20(15-28-19-13-11-18(12-14-19)23(26)27)29-22(17-9-5-2-6-10-17)21(25)16-7-3-1-4-8-16/h1-14,22H,15H2/t22-/m1/s1. The van der Waals surface area contributed by atoms with Crippen LogP contribution in [-0.4, -0.2) is 23.3 Å². The topological polar surface area (TPSA) is 95.7 Å². The van der Waals surface area contributed by atoms with Crippen LogP contribution in [0.1, 0.15) is 22.0 Å². The fraction of sp³-hybridized carbons (Fsp3) is 0.0909. The second-order valence-corrected chi connectivity index (χ2v) is 6.05. The molecule has 0 unspecified atom stereocenters. The maximum absolute atomic E-state index is 12.9. The van der Waals surface area contributed by atoms with Crippen molar-refractivity contribution in [3.8, 4) is 5.75 Å². The quantitative estimate of drug-likeness (QED) is 0.248. The van der Waals surface area contributed by atoms with Crippen molar-refractivity contribution in [1.82, 2.24) is 0 Å². The van der Waals surface area contributed by atoms with E-state index in [9.17, 15) is 19.7 Å².